The average Bonchev–Trinajstić information content (AvgIpc) is 2.77. The number of rotatable bonds is 4. The summed E-state index contributed by atoms with van der Waals surface area (Å²) >= 11 is 0. The highest BCUT2D eigenvalue weighted by molar-refractivity contribution is 5.78. The molecule has 0 aliphatic heterocycles. The molecule has 94 valence electrons. The molecule has 0 amide bonds. The van der Waals surface area contributed by atoms with E-state index < -0.39 is 0 Å². The van der Waals surface area contributed by atoms with Crippen molar-refractivity contribution in [2.45, 2.75) is 20.4 Å². The number of nitrogens with zero attached hydrogens (tertiary/aromatic N) is 2. The SMILES string of the molecule is CC(C)Cn1cc(-c2cc(C=O)ccc2F)cn1. The predicted octanol–water partition coefficient (Wildman–Crippen LogP) is 3.16. The van der Waals surface area contributed by atoms with Gasteiger partial charge in [-0.05, 0) is 24.1 Å². The summed E-state index contributed by atoms with van der Waals surface area (Å²) < 4.78 is 15.5. The minimum atomic E-state index is -0.343. The molecule has 1 aromatic heterocycles. The van der Waals surface area contributed by atoms with E-state index in [1.54, 1.807) is 23.1 Å². The first-order valence-electron chi connectivity index (χ1n) is 5.87. The zero-order valence-electron chi connectivity index (χ0n) is 10.4. The first kappa shape index (κ1) is 12.5. The van der Waals surface area contributed by atoms with Crippen LogP contribution in [0.5, 0.6) is 0 Å². The summed E-state index contributed by atoms with van der Waals surface area (Å²) in [5.41, 5.74) is 1.56. The van der Waals surface area contributed by atoms with Crippen LogP contribution >= 0.6 is 0 Å². The van der Waals surface area contributed by atoms with Crippen molar-refractivity contribution in [1.29, 1.82) is 0 Å². The highest BCUT2D eigenvalue weighted by Crippen LogP contribution is 2.23. The molecule has 0 aliphatic carbocycles. The topological polar surface area (TPSA) is 34.9 Å². The van der Waals surface area contributed by atoms with Crippen LogP contribution in [0, 0.1) is 11.7 Å². The lowest BCUT2D eigenvalue weighted by atomic mass is 10.1. The second-order valence-corrected chi connectivity index (χ2v) is 4.70. The largest absolute Gasteiger partial charge is 0.298 e. The van der Waals surface area contributed by atoms with Gasteiger partial charge in [0.15, 0.2) is 0 Å². The second kappa shape index (κ2) is 5.12. The van der Waals surface area contributed by atoms with E-state index in [0.717, 1.165) is 6.54 Å². The van der Waals surface area contributed by atoms with Crippen LogP contribution in [0.2, 0.25) is 0 Å². The fraction of sp³-hybridized carbons (Fsp3) is 0.286. The van der Waals surface area contributed by atoms with E-state index in [9.17, 15) is 9.18 Å². The Kier molecular flexibility index (Phi) is 3.55. The third-order valence-electron chi connectivity index (χ3n) is 2.62. The minimum absolute atomic E-state index is 0.343. The average molecular weight is 246 g/mol. The van der Waals surface area contributed by atoms with E-state index in [1.807, 2.05) is 0 Å². The summed E-state index contributed by atoms with van der Waals surface area (Å²) in [7, 11) is 0. The number of hydrogen-bond donors (Lipinski definition) is 0. The predicted molar refractivity (Wildman–Crippen MR) is 67.8 cm³/mol. The van der Waals surface area contributed by atoms with E-state index in [1.165, 1.54) is 12.1 Å². The molecule has 0 radical (unpaired) electrons. The van der Waals surface area contributed by atoms with Gasteiger partial charge in [-0.1, -0.05) is 13.8 Å². The minimum Gasteiger partial charge on any atom is -0.298 e. The van der Waals surface area contributed by atoms with Crippen LogP contribution < -0.4 is 0 Å². The second-order valence-electron chi connectivity index (χ2n) is 4.70. The maximum atomic E-state index is 13.7. The normalized spacial score (nSPS) is 10.9. The van der Waals surface area contributed by atoms with Gasteiger partial charge in [0.2, 0.25) is 0 Å². The van der Waals surface area contributed by atoms with Crippen LogP contribution in [0.4, 0.5) is 4.39 Å². The van der Waals surface area contributed by atoms with Gasteiger partial charge in [-0.2, -0.15) is 5.10 Å². The van der Waals surface area contributed by atoms with Gasteiger partial charge >= 0.3 is 0 Å². The van der Waals surface area contributed by atoms with E-state index in [-0.39, 0.29) is 5.82 Å². The molecule has 0 saturated carbocycles. The van der Waals surface area contributed by atoms with E-state index in [4.69, 9.17) is 0 Å². The van der Waals surface area contributed by atoms with E-state index in [2.05, 4.69) is 18.9 Å². The zero-order chi connectivity index (χ0) is 13.1. The van der Waals surface area contributed by atoms with Crippen molar-refractivity contribution >= 4 is 6.29 Å². The fourth-order valence-electron chi connectivity index (χ4n) is 1.81. The van der Waals surface area contributed by atoms with Crippen molar-refractivity contribution in [3.05, 3.63) is 42.0 Å². The molecule has 0 fully saturated rings. The van der Waals surface area contributed by atoms with Crippen LogP contribution in [0.25, 0.3) is 11.1 Å². The quantitative estimate of drug-likeness (QED) is 0.777. The summed E-state index contributed by atoms with van der Waals surface area (Å²) in [5.74, 6) is 0.133. The van der Waals surface area contributed by atoms with Crippen LogP contribution in [0.15, 0.2) is 30.6 Å². The molecule has 0 N–H and O–H groups in total. The Hall–Kier alpha value is -1.97. The molecule has 0 aliphatic rings. The number of halogens is 1. The van der Waals surface area contributed by atoms with Crippen molar-refractivity contribution in [3.8, 4) is 11.1 Å². The first-order valence-corrected chi connectivity index (χ1v) is 5.87. The lowest BCUT2D eigenvalue weighted by Crippen LogP contribution is -2.04. The van der Waals surface area contributed by atoms with Gasteiger partial charge in [-0.25, -0.2) is 4.39 Å². The number of hydrogen-bond acceptors (Lipinski definition) is 2. The summed E-state index contributed by atoms with van der Waals surface area (Å²) in [5, 5.41) is 4.19. The van der Waals surface area contributed by atoms with Gasteiger partial charge in [0.05, 0.1) is 6.20 Å². The highest BCUT2D eigenvalue weighted by atomic mass is 19.1. The van der Waals surface area contributed by atoms with Gasteiger partial charge in [0.1, 0.15) is 12.1 Å². The third-order valence-corrected chi connectivity index (χ3v) is 2.62. The van der Waals surface area contributed by atoms with E-state index in [0.29, 0.717) is 28.9 Å². The molecule has 1 aromatic carbocycles. The van der Waals surface area contributed by atoms with Gasteiger partial charge in [0.25, 0.3) is 0 Å². The number of aldehydes is 1. The zero-order valence-corrected chi connectivity index (χ0v) is 10.4. The number of aromatic nitrogens is 2. The molecule has 2 rings (SSSR count). The Morgan fingerprint density at radius 1 is 1.44 bits per heavy atom. The summed E-state index contributed by atoms with van der Waals surface area (Å²) in [6.45, 7) is 4.97. The molecule has 0 saturated heterocycles. The maximum absolute atomic E-state index is 13.7. The Morgan fingerprint density at radius 3 is 2.89 bits per heavy atom. The van der Waals surface area contributed by atoms with Gasteiger partial charge in [0, 0.05) is 29.4 Å². The molecular formula is C14H15FN2O. The molecule has 0 spiro atoms. The van der Waals surface area contributed by atoms with Crippen molar-refractivity contribution < 1.29 is 9.18 Å². The lowest BCUT2D eigenvalue weighted by molar-refractivity contribution is 0.112. The van der Waals surface area contributed by atoms with Crippen LogP contribution in [0.1, 0.15) is 24.2 Å². The van der Waals surface area contributed by atoms with Crippen molar-refractivity contribution in [1.82, 2.24) is 9.78 Å². The standard InChI is InChI=1S/C14H15FN2O/c1-10(2)7-17-8-12(6-16-17)13-5-11(9-18)3-4-14(13)15/h3-6,8-10H,7H2,1-2H3. The number of carbonyl (C=O) groups excluding carboxylic acids is 1. The summed E-state index contributed by atoms with van der Waals surface area (Å²) in [6, 6.07) is 4.31. The van der Waals surface area contributed by atoms with Crippen LogP contribution in [0.3, 0.4) is 0 Å². The lowest BCUT2D eigenvalue weighted by Gasteiger charge is -2.04. The van der Waals surface area contributed by atoms with Crippen LogP contribution in [-0.2, 0) is 6.54 Å². The number of carbonyl (C=O) groups is 1. The Labute approximate surface area is 105 Å². The Morgan fingerprint density at radius 2 is 2.22 bits per heavy atom. The highest BCUT2D eigenvalue weighted by Gasteiger charge is 2.09. The Balaban J connectivity index is 2.36. The maximum Gasteiger partial charge on any atom is 0.150 e. The van der Waals surface area contributed by atoms with Gasteiger partial charge in [-0.3, -0.25) is 9.48 Å². The molecular weight excluding hydrogens is 231 g/mol. The summed E-state index contributed by atoms with van der Waals surface area (Å²) in [4.78, 5) is 10.7. The van der Waals surface area contributed by atoms with Gasteiger partial charge < -0.3 is 0 Å². The monoisotopic (exact) mass is 246 g/mol. The first-order chi connectivity index (χ1) is 8.60. The number of benzene rings is 1. The third kappa shape index (κ3) is 2.64. The molecule has 3 nitrogen and oxygen atoms in total. The molecule has 0 atom stereocenters. The fourth-order valence-corrected chi connectivity index (χ4v) is 1.81. The van der Waals surface area contributed by atoms with Gasteiger partial charge in [-0.15, -0.1) is 0 Å². The van der Waals surface area contributed by atoms with E-state index >= 15 is 0 Å². The molecule has 18 heavy (non-hydrogen) atoms. The van der Waals surface area contributed by atoms with Crippen molar-refractivity contribution in [3.63, 3.8) is 0 Å². The van der Waals surface area contributed by atoms with Crippen molar-refractivity contribution in [2.75, 3.05) is 0 Å². The smallest absolute Gasteiger partial charge is 0.150 e. The van der Waals surface area contributed by atoms with Crippen LogP contribution in [-0.4, -0.2) is 16.1 Å². The molecule has 2 aromatic rings. The molecule has 0 bridgehead atoms. The molecule has 4 heteroatoms. The van der Waals surface area contributed by atoms with Crippen molar-refractivity contribution in [2.24, 2.45) is 5.92 Å². The summed E-state index contributed by atoms with van der Waals surface area (Å²) in [6.07, 6.45) is 4.13. The Bertz CT molecular complexity index is 561. The molecule has 1 heterocycles. The molecule has 0 unspecified atom stereocenters.